The van der Waals surface area contributed by atoms with E-state index in [4.69, 9.17) is 0 Å². The van der Waals surface area contributed by atoms with Crippen molar-refractivity contribution in [3.8, 4) is 11.4 Å². The van der Waals surface area contributed by atoms with Gasteiger partial charge >= 0.3 is 0 Å². The molecule has 0 aliphatic carbocycles. The molecule has 3 rings (SSSR count). The molecule has 1 aliphatic rings. The third-order valence-corrected chi connectivity index (χ3v) is 3.23. The third-order valence-electron chi connectivity index (χ3n) is 3.23. The molecule has 2 aromatic rings. The van der Waals surface area contributed by atoms with Gasteiger partial charge in [0.2, 0.25) is 5.91 Å². The van der Waals surface area contributed by atoms with Crippen molar-refractivity contribution in [2.24, 2.45) is 7.05 Å². The smallest absolute Gasteiger partial charge is 0.229 e. The van der Waals surface area contributed by atoms with Crippen LogP contribution >= 0.6 is 0 Å². The minimum absolute atomic E-state index is 0.0531. The molecule has 0 bridgehead atoms. The number of hydrogen-bond acceptors (Lipinski definition) is 4. The van der Waals surface area contributed by atoms with Crippen LogP contribution in [0.3, 0.4) is 0 Å². The monoisotopic (exact) mass is 258 g/mol. The van der Waals surface area contributed by atoms with Crippen LogP contribution in [0.15, 0.2) is 30.6 Å². The number of anilines is 1. The fourth-order valence-corrected chi connectivity index (χ4v) is 2.30. The average Bonchev–Trinajstić information content (AvgIpc) is 2.95. The van der Waals surface area contributed by atoms with Crippen LogP contribution in [-0.4, -0.2) is 38.4 Å². The molecule has 6 nitrogen and oxygen atoms in total. The lowest BCUT2D eigenvalue weighted by molar-refractivity contribution is -0.117. The van der Waals surface area contributed by atoms with Gasteiger partial charge in [0.05, 0.1) is 19.1 Å². The Morgan fingerprint density at radius 3 is 2.89 bits per heavy atom. The second-order valence-electron chi connectivity index (χ2n) is 4.68. The summed E-state index contributed by atoms with van der Waals surface area (Å²) >= 11 is 0. The van der Waals surface area contributed by atoms with E-state index in [1.165, 1.54) is 0 Å². The Hall–Kier alpha value is -2.21. The Kier molecular flexibility index (Phi) is 2.79. The van der Waals surface area contributed by atoms with Gasteiger partial charge in [-0.2, -0.15) is 0 Å². The van der Waals surface area contributed by atoms with Crippen molar-refractivity contribution in [3.63, 3.8) is 0 Å². The topological polar surface area (TPSA) is 71.2 Å². The van der Waals surface area contributed by atoms with Gasteiger partial charge in [-0.1, -0.05) is 12.1 Å². The first-order valence-electron chi connectivity index (χ1n) is 6.08. The zero-order valence-electron chi connectivity index (χ0n) is 10.5. The van der Waals surface area contributed by atoms with Crippen LogP contribution in [0.1, 0.15) is 6.42 Å². The van der Waals surface area contributed by atoms with Crippen LogP contribution in [-0.2, 0) is 11.8 Å². The maximum Gasteiger partial charge on any atom is 0.229 e. The summed E-state index contributed by atoms with van der Waals surface area (Å²) in [7, 11) is 1.87. The number of rotatable bonds is 2. The second-order valence-corrected chi connectivity index (χ2v) is 4.68. The summed E-state index contributed by atoms with van der Waals surface area (Å²) in [5, 5.41) is 17.4. The van der Waals surface area contributed by atoms with Gasteiger partial charge in [0.25, 0.3) is 0 Å². The molecule has 1 aliphatic heterocycles. The molecule has 19 heavy (non-hydrogen) atoms. The van der Waals surface area contributed by atoms with E-state index in [1.54, 1.807) is 11.2 Å². The molecule has 1 aromatic heterocycles. The number of carbonyl (C=O) groups excluding carboxylic acids is 1. The molecule has 1 aromatic carbocycles. The highest BCUT2D eigenvalue weighted by molar-refractivity contribution is 5.96. The third kappa shape index (κ3) is 2.10. The lowest BCUT2D eigenvalue weighted by atomic mass is 10.2. The van der Waals surface area contributed by atoms with Gasteiger partial charge in [0, 0.05) is 18.3 Å². The van der Waals surface area contributed by atoms with Crippen LogP contribution in [0.25, 0.3) is 11.4 Å². The molecule has 98 valence electrons. The van der Waals surface area contributed by atoms with E-state index in [0.717, 1.165) is 17.1 Å². The maximum absolute atomic E-state index is 11.8. The fourth-order valence-electron chi connectivity index (χ4n) is 2.30. The van der Waals surface area contributed by atoms with Crippen molar-refractivity contribution in [1.29, 1.82) is 0 Å². The maximum atomic E-state index is 11.8. The summed E-state index contributed by atoms with van der Waals surface area (Å²) in [6.07, 6.45) is 1.24. The number of nitrogens with zero attached hydrogens (tertiary/aromatic N) is 4. The Morgan fingerprint density at radius 1 is 1.42 bits per heavy atom. The number of aliphatic hydroxyl groups excluding tert-OH is 1. The van der Waals surface area contributed by atoms with Crippen LogP contribution < -0.4 is 4.90 Å². The van der Waals surface area contributed by atoms with Gasteiger partial charge in [0.15, 0.2) is 5.82 Å². The van der Waals surface area contributed by atoms with E-state index in [2.05, 4.69) is 10.2 Å². The van der Waals surface area contributed by atoms with Crippen molar-refractivity contribution < 1.29 is 9.90 Å². The SMILES string of the molecule is Cn1cnnc1-c1cccc(N2CC(O)CC2=O)c1. The summed E-state index contributed by atoms with van der Waals surface area (Å²) in [4.78, 5) is 13.4. The first kappa shape index (κ1) is 11.9. The van der Waals surface area contributed by atoms with Gasteiger partial charge in [-0.25, -0.2) is 0 Å². The van der Waals surface area contributed by atoms with Crippen LogP contribution in [0, 0.1) is 0 Å². The zero-order chi connectivity index (χ0) is 13.4. The number of hydrogen-bond donors (Lipinski definition) is 1. The molecule has 1 N–H and O–H groups in total. The largest absolute Gasteiger partial charge is 0.391 e. The molecule has 0 radical (unpaired) electrons. The number of aromatic nitrogens is 3. The highest BCUT2D eigenvalue weighted by Gasteiger charge is 2.29. The van der Waals surface area contributed by atoms with Gasteiger partial charge in [-0.05, 0) is 12.1 Å². The molecule has 1 fully saturated rings. The highest BCUT2D eigenvalue weighted by atomic mass is 16.3. The minimum Gasteiger partial charge on any atom is -0.391 e. The van der Waals surface area contributed by atoms with Crippen molar-refractivity contribution in [2.75, 3.05) is 11.4 Å². The van der Waals surface area contributed by atoms with E-state index in [0.29, 0.717) is 6.54 Å². The van der Waals surface area contributed by atoms with Gasteiger partial charge < -0.3 is 14.6 Å². The van der Waals surface area contributed by atoms with Crippen LogP contribution in [0.4, 0.5) is 5.69 Å². The standard InChI is InChI=1S/C13H14N4O2/c1-16-8-14-15-13(16)9-3-2-4-10(5-9)17-7-11(18)6-12(17)19/h2-5,8,11,18H,6-7H2,1H3. The number of β-amino-alcohol motifs (C(OH)–C–C–N with tert-alkyl or cyclic N) is 1. The van der Waals surface area contributed by atoms with Crippen molar-refractivity contribution in [1.82, 2.24) is 14.8 Å². The van der Waals surface area contributed by atoms with Gasteiger partial charge in [0.1, 0.15) is 6.33 Å². The molecule has 0 spiro atoms. The Labute approximate surface area is 110 Å². The van der Waals surface area contributed by atoms with Crippen LogP contribution in [0.5, 0.6) is 0 Å². The number of benzene rings is 1. The predicted octanol–water partition coefficient (Wildman–Crippen LogP) is 0.580. The zero-order valence-corrected chi connectivity index (χ0v) is 10.5. The first-order valence-corrected chi connectivity index (χ1v) is 6.08. The first-order chi connectivity index (χ1) is 9.15. The molecule has 2 heterocycles. The lowest BCUT2D eigenvalue weighted by Gasteiger charge is -2.16. The van der Waals surface area contributed by atoms with Gasteiger partial charge in [-0.3, -0.25) is 4.79 Å². The molecule has 1 saturated heterocycles. The highest BCUT2D eigenvalue weighted by Crippen LogP contribution is 2.26. The van der Waals surface area contributed by atoms with E-state index in [-0.39, 0.29) is 12.3 Å². The normalized spacial score (nSPS) is 19.2. The summed E-state index contributed by atoms with van der Waals surface area (Å²) < 4.78 is 1.82. The quantitative estimate of drug-likeness (QED) is 0.855. The fraction of sp³-hybridized carbons (Fsp3) is 0.308. The number of carbonyl (C=O) groups is 1. The number of aryl methyl sites for hydroxylation is 1. The van der Waals surface area contributed by atoms with Crippen molar-refractivity contribution in [3.05, 3.63) is 30.6 Å². The molecular formula is C13H14N4O2. The Balaban J connectivity index is 1.97. The molecular weight excluding hydrogens is 244 g/mol. The molecule has 0 saturated carbocycles. The molecule has 1 unspecified atom stereocenters. The Bertz CT molecular complexity index is 623. The number of aliphatic hydroxyl groups is 1. The summed E-state index contributed by atoms with van der Waals surface area (Å²) in [5.41, 5.74) is 1.67. The van der Waals surface area contributed by atoms with E-state index in [1.807, 2.05) is 35.9 Å². The van der Waals surface area contributed by atoms with Crippen LogP contribution in [0.2, 0.25) is 0 Å². The second kappa shape index (κ2) is 4.47. The number of amides is 1. The van der Waals surface area contributed by atoms with Crippen molar-refractivity contribution >= 4 is 11.6 Å². The Morgan fingerprint density at radius 2 is 2.26 bits per heavy atom. The van der Waals surface area contributed by atoms with Gasteiger partial charge in [-0.15, -0.1) is 10.2 Å². The summed E-state index contributed by atoms with van der Waals surface area (Å²) in [6.45, 7) is 0.348. The summed E-state index contributed by atoms with van der Waals surface area (Å²) in [6, 6.07) is 7.54. The van der Waals surface area contributed by atoms with E-state index < -0.39 is 6.10 Å². The van der Waals surface area contributed by atoms with E-state index in [9.17, 15) is 9.90 Å². The minimum atomic E-state index is -0.578. The predicted molar refractivity (Wildman–Crippen MR) is 69.4 cm³/mol. The molecule has 6 heteroatoms. The average molecular weight is 258 g/mol. The van der Waals surface area contributed by atoms with Crippen molar-refractivity contribution in [2.45, 2.75) is 12.5 Å². The molecule has 1 atom stereocenters. The molecule has 1 amide bonds. The van der Waals surface area contributed by atoms with E-state index >= 15 is 0 Å². The lowest BCUT2D eigenvalue weighted by Crippen LogP contribution is -2.25. The summed E-state index contributed by atoms with van der Waals surface area (Å²) in [5.74, 6) is 0.691.